The molecule has 9 aromatic carbocycles. The summed E-state index contributed by atoms with van der Waals surface area (Å²) in [5.41, 5.74) is 18.9. The van der Waals surface area contributed by atoms with Crippen LogP contribution in [0, 0.1) is 0 Å². The summed E-state index contributed by atoms with van der Waals surface area (Å²) in [5.74, 6) is 0. The predicted molar refractivity (Wildman–Crippen MR) is 275 cm³/mol. The summed E-state index contributed by atoms with van der Waals surface area (Å²) in [7, 11) is 0. The predicted octanol–water partition coefficient (Wildman–Crippen LogP) is 16.2. The topological polar surface area (TPSA) is 38.7 Å². The van der Waals surface area contributed by atoms with Crippen LogP contribution in [-0.2, 0) is 5.41 Å². The molecule has 0 unspecified atom stereocenters. The number of hydrogen-bond donors (Lipinski definition) is 0. The minimum atomic E-state index is -0.462. The number of benzene rings is 9. The lowest BCUT2D eigenvalue weighted by Crippen LogP contribution is -2.25. The van der Waals surface area contributed by atoms with Crippen LogP contribution in [0.5, 0.6) is 0 Å². The van der Waals surface area contributed by atoms with Gasteiger partial charge in [0.2, 0.25) is 0 Å². The van der Waals surface area contributed by atoms with Crippen molar-refractivity contribution < 1.29 is 0 Å². The van der Waals surface area contributed by atoms with Crippen LogP contribution in [0.1, 0.15) is 22.3 Å². The molecule has 0 saturated carbocycles. The molecule has 0 bridgehead atoms. The van der Waals surface area contributed by atoms with Crippen molar-refractivity contribution in [2.45, 2.75) is 5.41 Å². The van der Waals surface area contributed by atoms with Crippen LogP contribution >= 0.6 is 11.3 Å². The van der Waals surface area contributed by atoms with Gasteiger partial charge in [0.15, 0.2) is 0 Å². The fourth-order valence-corrected chi connectivity index (χ4v) is 12.9. The highest BCUT2D eigenvalue weighted by molar-refractivity contribution is 7.26. The van der Waals surface area contributed by atoms with Crippen molar-refractivity contribution >= 4 is 75.0 Å². The van der Waals surface area contributed by atoms with E-state index in [1.807, 2.05) is 17.4 Å². The zero-order valence-electron chi connectivity index (χ0n) is 35.5. The molecule has 0 fully saturated rings. The van der Waals surface area contributed by atoms with E-state index in [2.05, 4.69) is 206 Å². The van der Waals surface area contributed by atoms with E-state index < -0.39 is 5.41 Å². The summed E-state index contributed by atoms with van der Waals surface area (Å²) in [6.07, 6.45) is 0. The van der Waals surface area contributed by atoms with Crippen molar-refractivity contribution in [3.05, 3.63) is 235 Å². The maximum atomic E-state index is 5.66. The summed E-state index contributed by atoms with van der Waals surface area (Å²) in [6, 6.07) is 77.6. The SMILES string of the molecule is c1ccc(-c2ccc3ccc4ccc(-c5cc6c(-c7ccc8c(c7)C7(c9ccccc9-c9ccccc97)c7ccccc7-8)nc7ccccc7c6c6c5sc5ccccc56)nc4c3n2)cc1. The van der Waals surface area contributed by atoms with Crippen LogP contribution in [0.15, 0.2) is 212 Å². The molecule has 0 aliphatic heterocycles. The number of para-hydroxylation sites is 1. The van der Waals surface area contributed by atoms with Crippen LogP contribution in [-0.4, -0.2) is 15.0 Å². The van der Waals surface area contributed by atoms with Crippen LogP contribution < -0.4 is 0 Å². The number of fused-ring (bicyclic) bond motifs is 20. The Bertz CT molecular complexity index is 4180. The minimum absolute atomic E-state index is 0.462. The number of nitrogens with zero attached hydrogens (tertiary/aromatic N) is 3. The fourth-order valence-electron chi connectivity index (χ4n) is 11.7. The third-order valence-electron chi connectivity index (χ3n) is 14.4. The normalized spacial score (nSPS) is 13.3. The molecule has 0 saturated heterocycles. The molecule has 1 spiro atoms. The van der Waals surface area contributed by atoms with Gasteiger partial charge >= 0.3 is 0 Å². The maximum Gasteiger partial charge on any atom is 0.0972 e. The van der Waals surface area contributed by atoms with Gasteiger partial charge in [0.1, 0.15) is 0 Å². The molecule has 4 aromatic heterocycles. The van der Waals surface area contributed by atoms with Crippen molar-refractivity contribution in [3.63, 3.8) is 0 Å². The third-order valence-corrected chi connectivity index (χ3v) is 15.6. The standard InChI is InChI=1S/C62H35N3S/c1-2-14-36(15-3-1)52-32-29-37-26-27-38-30-33-54(65-60(38)59(37)63-52)46-35-47-56(57-45-20-8-13-25-55(45)66-61(46)57)44-19-7-12-24-53(44)64-58(47)39-28-31-43-42-18-6-11-23-50(42)62(51(43)34-39)48-21-9-4-16-40(48)41-17-5-10-22-49(41)62/h1-35H. The van der Waals surface area contributed by atoms with Gasteiger partial charge in [0.25, 0.3) is 0 Å². The van der Waals surface area contributed by atoms with Crippen molar-refractivity contribution in [2.24, 2.45) is 0 Å². The molecule has 2 aliphatic rings. The molecule has 13 aromatic rings. The van der Waals surface area contributed by atoms with Crippen molar-refractivity contribution in [3.8, 4) is 56.0 Å². The van der Waals surface area contributed by atoms with Crippen molar-refractivity contribution in [1.29, 1.82) is 0 Å². The molecule has 304 valence electrons. The average Bonchev–Trinajstić information content (AvgIpc) is 4.02. The Labute approximate surface area is 384 Å². The first-order valence-corrected chi connectivity index (χ1v) is 23.4. The van der Waals surface area contributed by atoms with Gasteiger partial charge in [0, 0.05) is 63.8 Å². The summed E-state index contributed by atoms with van der Waals surface area (Å²) in [5, 5.41) is 8.11. The number of pyridine rings is 3. The highest BCUT2D eigenvalue weighted by Gasteiger charge is 2.51. The third kappa shape index (κ3) is 4.78. The fraction of sp³-hybridized carbons (Fsp3) is 0.0161. The first-order chi connectivity index (χ1) is 32.7. The molecule has 4 heteroatoms. The summed E-state index contributed by atoms with van der Waals surface area (Å²) in [4.78, 5) is 16.5. The molecule has 0 radical (unpaired) electrons. The molecule has 2 aliphatic carbocycles. The first-order valence-electron chi connectivity index (χ1n) is 22.6. The zero-order valence-corrected chi connectivity index (χ0v) is 36.3. The summed E-state index contributed by atoms with van der Waals surface area (Å²) >= 11 is 1.85. The van der Waals surface area contributed by atoms with Crippen LogP contribution in [0.3, 0.4) is 0 Å². The number of thiophene rings is 1. The van der Waals surface area contributed by atoms with Crippen LogP contribution in [0.2, 0.25) is 0 Å². The van der Waals surface area contributed by atoms with Gasteiger partial charge in [-0.05, 0) is 80.9 Å². The second-order valence-corrected chi connectivity index (χ2v) is 18.8. The van der Waals surface area contributed by atoms with Gasteiger partial charge in [-0.25, -0.2) is 15.0 Å². The largest absolute Gasteiger partial charge is 0.247 e. The van der Waals surface area contributed by atoms with Crippen molar-refractivity contribution in [1.82, 2.24) is 15.0 Å². The first kappa shape index (κ1) is 36.1. The molecular formula is C62H35N3S. The Kier molecular flexibility index (Phi) is 7.31. The molecule has 3 nitrogen and oxygen atoms in total. The Balaban J connectivity index is 1.04. The Morgan fingerprint density at radius 2 is 0.909 bits per heavy atom. The van der Waals surface area contributed by atoms with Gasteiger partial charge in [0.05, 0.1) is 39.0 Å². The van der Waals surface area contributed by atoms with E-state index in [1.54, 1.807) is 0 Å². The Morgan fingerprint density at radius 3 is 1.62 bits per heavy atom. The van der Waals surface area contributed by atoms with Gasteiger partial charge in [-0.15, -0.1) is 11.3 Å². The van der Waals surface area contributed by atoms with Crippen molar-refractivity contribution in [2.75, 3.05) is 0 Å². The smallest absolute Gasteiger partial charge is 0.0972 e. The lowest BCUT2D eigenvalue weighted by atomic mass is 9.70. The molecule has 0 amide bonds. The van der Waals surface area contributed by atoms with Crippen LogP contribution in [0.4, 0.5) is 0 Å². The van der Waals surface area contributed by atoms with E-state index >= 15 is 0 Å². The lowest BCUT2D eigenvalue weighted by molar-refractivity contribution is 0.794. The van der Waals surface area contributed by atoms with E-state index in [-0.39, 0.29) is 0 Å². The Morgan fingerprint density at radius 1 is 0.348 bits per heavy atom. The number of aromatic nitrogens is 3. The molecule has 4 heterocycles. The average molecular weight is 854 g/mol. The van der Waals surface area contributed by atoms with E-state index in [0.29, 0.717) is 0 Å². The molecule has 66 heavy (non-hydrogen) atoms. The number of hydrogen-bond acceptors (Lipinski definition) is 4. The molecule has 0 atom stereocenters. The minimum Gasteiger partial charge on any atom is -0.247 e. The lowest BCUT2D eigenvalue weighted by Gasteiger charge is -2.30. The second kappa shape index (κ2) is 13.4. The highest BCUT2D eigenvalue weighted by atomic mass is 32.1. The van der Waals surface area contributed by atoms with Gasteiger partial charge in [-0.3, -0.25) is 0 Å². The monoisotopic (exact) mass is 853 g/mol. The zero-order chi connectivity index (χ0) is 43.1. The van der Waals surface area contributed by atoms with Gasteiger partial charge in [-0.1, -0.05) is 176 Å². The number of rotatable bonds is 3. The van der Waals surface area contributed by atoms with Gasteiger partial charge in [-0.2, -0.15) is 0 Å². The quantitative estimate of drug-likeness (QED) is 0.166. The summed E-state index contributed by atoms with van der Waals surface area (Å²) < 4.78 is 2.47. The molecule has 0 N–H and O–H groups in total. The molecule has 15 rings (SSSR count). The highest BCUT2D eigenvalue weighted by Crippen LogP contribution is 2.63. The van der Waals surface area contributed by atoms with Crippen LogP contribution in [0.25, 0.3) is 120 Å². The molecular weight excluding hydrogens is 819 g/mol. The Hall–Kier alpha value is -8.31. The maximum absolute atomic E-state index is 5.66. The van der Waals surface area contributed by atoms with E-state index in [9.17, 15) is 0 Å². The van der Waals surface area contributed by atoms with Gasteiger partial charge < -0.3 is 0 Å². The van der Waals surface area contributed by atoms with E-state index in [4.69, 9.17) is 15.0 Å². The summed E-state index contributed by atoms with van der Waals surface area (Å²) in [6.45, 7) is 0. The van der Waals surface area contributed by atoms with E-state index in [1.165, 1.54) is 70.1 Å². The second-order valence-electron chi connectivity index (χ2n) is 17.7. The van der Waals surface area contributed by atoms with E-state index in [0.717, 1.165) is 71.9 Å².